The van der Waals surface area contributed by atoms with Gasteiger partial charge in [0.05, 0.1) is 10.7 Å². The molecule has 0 saturated heterocycles. The Kier molecular flexibility index (Phi) is 3.34. The molecule has 0 unspecified atom stereocenters. The van der Waals surface area contributed by atoms with Crippen LogP contribution in [0.25, 0.3) is 0 Å². The number of aromatic amines is 1. The highest BCUT2D eigenvalue weighted by molar-refractivity contribution is 6.34. The van der Waals surface area contributed by atoms with Crippen molar-refractivity contribution in [1.29, 1.82) is 0 Å². The molecule has 1 aromatic heterocycles. The minimum atomic E-state index is -0.525. The van der Waals surface area contributed by atoms with Crippen molar-refractivity contribution < 1.29 is 4.79 Å². The lowest BCUT2D eigenvalue weighted by atomic mass is 10.2. The number of hydrogen-bond acceptors (Lipinski definition) is 3. The lowest BCUT2D eigenvalue weighted by molar-refractivity contribution is 0.102. The van der Waals surface area contributed by atoms with Crippen molar-refractivity contribution >= 4 is 28.9 Å². The number of nitrogen functional groups attached to an aromatic ring is 1. The van der Waals surface area contributed by atoms with Crippen LogP contribution in [0.4, 0.5) is 11.4 Å². The number of nitrogens with one attached hydrogen (secondary N) is 2. The van der Waals surface area contributed by atoms with Crippen LogP contribution in [0.1, 0.15) is 10.4 Å². The van der Waals surface area contributed by atoms with Gasteiger partial charge in [0.2, 0.25) is 0 Å². The van der Waals surface area contributed by atoms with E-state index in [-0.39, 0.29) is 11.0 Å². The van der Waals surface area contributed by atoms with Gasteiger partial charge >= 0.3 is 0 Å². The third-order valence-electron chi connectivity index (χ3n) is 2.31. The average molecular weight is 264 g/mol. The summed E-state index contributed by atoms with van der Waals surface area (Å²) >= 11 is 5.92. The maximum absolute atomic E-state index is 11.9. The van der Waals surface area contributed by atoms with Gasteiger partial charge in [0.15, 0.2) is 5.43 Å². The average Bonchev–Trinajstić information content (AvgIpc) is 2.33. The van der Waals surface area contributed by atoms with Gasteiger partial charge in [0.25, 0.3) is 5.91 Å². The van der Waals surface area contributed by atoms with Crippen molar-refractivity contribution in [2.45, 2.75) is 0 Å². The second-order valence-corrected chi connectivity index (χ2v) is 4.02. The molecule has 1 heterocycles. The number of benzene rings is 1. The van der Waals surface area contributed by atoms with Gasteiger partial charge in [-0.05, 0) is 18.2 Å². The van der Waals surface area contributed by atoms with Crippen molar-refractivity contribution in [1.82, 2.24) is 4.98 Å². The first-order chi connectivity index (χ1) is 8.58. The highest BCUT2D eigenvalue weighted by Crippen LogP contribution is 2.24. The van der Waals surface area contributed by atoms with E-state index in [1.165, 1.54) is 24.5 Å². The van der Waals surface area contributed by atoms with Crippen molar-refractivity contribution in [2.24, 2.45) is 0 Å². The van der Waals surface area contributed by atoms with Gasteiger partial charge in [-0.1, -0.05) is 11.6 Å². The number of halogens is 1. The summed E-state index contributed by atoms with van der Waals surface area (Å²) in [5, 5.41) is 2.86. The summed E-state index contributed by atoms with van der Waals surface area (Å²) < 4.78 is 0. The van der Waals surface area contributed by atoms with Gasteiger partial charge in [-0.15, -0.1) is 0 Å². The van der Waals surface area contributed by atoms with Gasteiger partial charge in [0.1, 0.15) is 5.56 Å². The van der Waals surface area contributed by atoms with Gasteiger partial charge in [0, 0.05) is 24.1 Å². The summed E-state index contributed by atoms with van der Waals surface area (Å²) in [6.45, 7) is 0. The highest BCUT2D eigenvalue weighted by Gasteiger charge is 2.11. The number of nitrogens with two attached hydrogens (primary N) is 1. The van der Waals surface area contributed by atoms with Crippen LogP contribution in [0.5, 0.6) is 0 Å². The summed E-state index contributed by atoms with van der Waals surface area (Å²) in [6.07, 6.45) is 2.79. The Labute approximate surface area is 108 Å². The van der Waals surface area contributed by atoms with Crippen molar-refractivity contribution in [3.63, 3.8) is 0 Å². The zero-order valence-corrected chi connectivity index (χ0v) is 9.99. The Balaban J connectivity index is 2.27. The minimum Gasteiger partial charge on any atom is -0.399 e. The molecule has 0 fully saturated rings. The van der Waals surface area contributed by atoms with Crippen LogP contribution < -0.4 is 16.5 Å². The molecule has 0 aliphatic carbocycles. The molecule has 2 aromatic rings. The lowest BCUT2D eigenvalue weighted by Gasteiger charge is -2.07. The Hall–Kier alpha value is -2.27. The number of carbonyl (C=O) groups is 1. The van der Waals surface area contributed by atoms with Gasteiger partial charge in [-0.2, -0.15) is 0 Å². The van der Waals surface area contributed by atoms with Crippen LogP contribution in [0.15, 0.2) is 41.5 Å². The topological polar surface area (TPSA) is 88.0 Å². The van der Waals surface area contributed by atoms with Crippen LogP contribution in [0.3, 0.4) is 0 Å². The number of carbonyl (C=O) groups excluding carboxylic acids is 1. The van der Waals surface area contributed by atoms with E-state index in [4.69, 9.17) is 17.3 Å². The smallest absolute Gasteiger partial charge is 0.261 e. The van der Waals surface area contributed by atoms with E-state index in [2.05, 4.69) is 10.3 Å². The first-order valence-corrected chi connectivity index (χ1v) is 5.49. The number of rotatable bonds is 2. The van der Waals surface area contributed by atoms with Gasteiger partial charge in [-0.3, -0.25) is 9.59 Å². The van der Waals surface area contributed by atoms with E-state index < -0.39 is 5.91 Å². The van der Waals surface area contributed by atoms with E-state index in [9.17, 15) is 9.59 Å². The molecular formula is C12H10ClN3O2. The zero-order chi connectivity index (χ0) is 13.1. The maximum Gasteiger partial charge on any atom is 0.261 e. The molecule has 0 bridgehead atoms. The second-order valence-electron chi connectivity index (χ2n) is 3.62. The molecule has 92 valence electrons. The number of H-pyrrole nitrogens is 1. The Morgan fingerprint density at radius 1 is 1.33 bits per heavy atom. The Morgan fingerprint density at radius 2 is 2.11 bits per heavy atom. The molecular weight excluding hydrogens is 254 g/mol. The normalized spacial score (nSPS) is 10.1. The SMILES string of the molecule is Nc1ccc(NC(=O)c2c[nH]ccc2=O)c(Cl)c1. The quantitative estimate of drug-likeness (QED) is 0.723. The van der Waals surface area contributed by atoms with Crippen molar-refractivity contribution in [3.8, 4) is 0 Å². The van der Waals surface area contributed by atoms with E-state index in [1.54, 1.807) is 12.1 Å². The first-order valence-electron chi connectivity index (χ1n) is 5.11. The number of hydrogen-bond donors (Lipinski definition) is 3. The largest absolute Gasteiger partial charge is 0.399 e. The van der Waals surface area contributed by atoms with E-state index in [0.29, 0.717) is 16.4 Å². The number of amides is 1. The molecule has 18 heavy (non-hydrogen) atoms. The fraction of sp³-hybridized carbons (Fsp3) is 0. The Morgan fingerprint density at radius 3 is 2.78 bits per heavy atom. The van der Waals surface area contributed by atoms with Crippen LogP contribution in [-0.4, -0.2) is 10.9 Å². The Bertz CT molecular complexity index is 652. The minimum absolute atomic E-state index is 0.0189. The molecule has 4 N–H and O–H groups in total. The van der Waals surface area contributed by atoms with Crippen LogP contribution in [0, 0.1) is 0 Å². The summed E-state index contributed by atoms with van der Waals surface area (Å²) in [7, 11) is 0. The molecule has 1 amide bonds. The summed E-state index contributed by atoms with van der Waals surface area (Å²) in [4.78, 5) is 26.0. The fourth-order valence-electron chi connectivity index (χ4n) is 1.42. The number of aromatic nitrogens is 1. The molecule has 1 aromatic carbocycles. The van der Waals surface area contributed by atoms with Crippen molar-refractivity contribution in [3.05, 3.63) is 57.5 Å². The predicted octanol–water partition coefficient (Wildman–Crippen LogP) is 1.86. The maximum atomic E-state index is 11.9. The van der Waals surface area contributed by atoms with Crippen LogP contribution >= 0.6 is 11.6 Å². The molecule has 5 nitrogen and oxygen atoms in total. The van der Waals surface area contributed by atoms with E-state index in [0.717, 1.165) is 0 Å². The molecule has 0 radical (unpaired) electrons. The lowest BCUT2D eigenvalue weighted by Crippen LogP contribution is -2.21. The van der Waals surface area contributed by atoms with Gasteiger partial charge < -0.3 is 16.0 Å². The summed E-state index contributed by atoms with van der Waals surface area (Å²) in [5.74, 6) is -0.525. The molecule has 0 aliphatic heterocycles. The molecule has 6 heteroatoms. The molecule has 0 aliphatic rings. The van der Waals surface area contributed by atoms with Crippen LogP contribution in [-0.2, 0) is 0 Å². The highest BCUT2D eigenvalue weighted by atomic mass is 35.5. The molecule has 0 atom stereocenters. The fourth-order valence-corrected chi connectivity index (χ4v) is 1.65. The van der Waals surface area contributed by atoms with E-state index >= 15 is 0 Å². The third kappa shape index (κ3) is 2.52. The van der Waals surface area contributed by atoms with Crippen LogP contribution in [0.2, 0.25) is 5.02 Å². The van der Waals surface area contributed by atoms with E-state index in [1.807, 2.05) is 0 Å². The molecule has 2 rings (SSSR count). The zero-order valence-electron chi connectivity index (χ0n) is 9.24. The standard InChI is InChI=1S/C12H10ClN3O2/c13-9-5-7(14)1-2-10(9)16-12(18)8-6-15-4-3-11(8)17/h1-6H,14H2,(H,15,17)(H,16,18). The molecule has 0 saturated carbocycles. The summed E-state index contributed by atoms with van der Waals surface area (Å²) in [6, 6.07) is 5.98. The monoisotopic (exact) mass is 263 g/mol. The predicted molar refractivity (Wildman–Crippen MR) is 70.9 cm³/mol. The summed E-state index contributed by atoms with van der Waals surface area (Å²) in [5.41, 5.74) is 6.09. The number of anilines is 2. The first kappa shape index (κ1) is 12.2. The number of pyridine rings is 1. The molecule has 0 spiro atoms. The van der Waals surface area contributed by atoms with Crippen molar-refractivity contribution in [2.75, 3.05) is 11.1 Å². The second kappa shape index (κ2) is 4.93. The third-order valence-corrected chi connectivity index (χ3v) is 2.62. The van der Waals surface area contributed by atoms with Gasteiger partial charge in [-0.25, -0.2) is 0 Å².